The van der Waals surface area contributed by atoms with E-state index >= 15 is 0 Å². The van der Waals surface area contributed by atoms with Crippen molar-refractivity contribution in [2.45, 2.75) is 25.6 Å². The van der Waals surface area contributed by atoms with Gasteiger partial charge in [0.2, 0.25) is 0 Å². The molecule has 2 aromatic carbocycles. The summed E-state index contributed by atoms with van der Waals surface area (Å²) in [4.78, 5) is 11.9. The van der Waals surface area contributed by atoms with Crippen LogP contribution in [0.2, 0.25) is 0 Å². The summed E-state index contributed by atoms with van der Waals surface area (Å²) in [6.07, 6.45) is -0.517. The predicted octanol–water partition coefficient (Wildman–Crippen LogP) is 3.09. The van der Waals surface area contributed by atoms with Crippen LogP contribution in [0.3, 0.4) is 0 Å². The van der Waals surface area contributed by atoms with Crippen molar-refractivity contribution >= 4 is 5.97 Å². The van der Waals surface area contributed by atoms with Gasteiger partial charge in [-0.3, -0.25) is 0 Å². The molecule has 104 valence electrons. The summed E-state index contributed by atoms with van der Waals surface area (Å²) in [6, 6.07) is 19.0. The molecule has 3 heteroatoms. The minimum Gasteiger partial charge on any atom is -0.450 e. The number of ether oxygens (including phenoxy) is 1. The Bertz CT molecular complexity index is 516. The highest BCUT2D eigenvalue weighted by atomic mass is 16.6. The summed E-state index contributed by atoms with van der Waals surface area (Å²) in [5.41, 5.74) is 0.231. The highest BCUT2D eigenvalue weighted by Gasteiger charge is 2.29. The molecule has 2 rings (SSSR count). The zero-order valence-electron chi connectivity index (χ0n) is 11.6. The molecule has 0 heterocycles. The van der Waals surface area contributed by atoms with E-state index in [0.717, 1.165) is 11.1 Å². The average Bonchev–Trinajstić information content (AvgIpc) is 2.45. The third-order valence-electron chi connectivity index (χ3n) is 2.93. The van der Waals surface area contributed by atoms with Crippen LogP contribution in [0, 0.1) is 0 Å². The van der Waals surface area contributed by atoms with Crippen molar-refractivity contribution in [2.24, 2.45) is 0 Å². The highest BCUT2D eigenvalue weighted by molar-refractivity contribution is 5.78. The first-order chi connectivity index (χ1) is 9.48. The van der Waals surface area contributed by atoms with Gasteiger partial charge in [-0.25, -0.2) is 4.79 Å². The van der Waals surface area contributed by atoms with Gasteiger partial charge in [0, 0.05) is 0 Å². The van der Waals surface area contributed by atoms with Gasteiger partial charge in [0.05, 0.1) is 0 Å². The molecule has 0 amide bonds. The summed E-state index contributed by atoms with van der Waals surface area (Å²) in [7, 11) is 0. The Hall–Kier alpha value is -2.13. The Morgan fingerprint density at radius 2 is 1.35 bits per heavy atom. The first kappa shape index (κ1) is 14.3. The van der Waals surface area contributed by atoms with Crippen molar-refractivity contribution in [3.05, 3.63) is 71.8 Å². The van der Waals surface area contributed by atoms with Crippen LogP contribution in [0.15, 0.2) is 60.7 Å². The molecule has 1 N–H and O–H groups in total. The fraction of sp³-hybridized carbons (Fsp3) is 0.235. The van der Waals surface area contributed by atoms with Crippen molar-refractivity contribution in [2.75, 3.05) is 0 Å². The second-order valence-electron chi connectivity index (χ2n) is 5.17. The second kappa shape index (κ2) is 5.88. The summed E-state index contributed by atoms with van der Waals surface area (Å²) >= 11 is 0. The van der Waals surface area contributed by atoms with Gasteiger partial charge < -0.3 is 9.84 Å². The maximum absolute atomic E-state index is 11.9. The zero-order chi connectivity index (χ0) is 14.6. The number of esters is 1. The third-order valence-corrected chi connectivity index (χ3v) is 2.93. The summed E-state index contributed by atoms with van der Waals surface area (Å²) < 4.78 is 5.50. The highest BCUT2D eigenvalue weighted by Crippen LogP contribution is 2.27. The lowest BCUT2D eigenvalue weighted by Crippen LogP contribution is -2.34. The van der Waals surface area contributed by atoms with Crippen LogP contribution in [-0.2, 0) is 9.53 Å². The zero-order valence-corrected chi connectivity index (χ0v) is 11.6. The van der Waals surface area contributed by atoms with E-state index in [2.05, 4.69) is 0 Å². The monoisotopic (exact) mass is 270 g/mol. The van der Waals surface area contributed by atoms with Crippen molar-refractivity contribution in [1.82, 2.24) is 0 Å². The predicted molar refractivity (Wildman–Crippen MR) is 77.1 cm³/mol. The largest absolute Gasteiger partial charge is 0.450 e. The molecule has 0 aliphatic rings. The Balaban J connectivity index is 2.34. The van der Waals surface area contributed by atoms with Crippen molar-refractivity contribution < 1.29 is 14.6 Å². The van der Waals surface area contributed by atoms with Gasteiger partial charge in [0.15, 0.2) is 11.7 Å². The molecule has 2 aromatic rings. The Morgan fingerprint density at radius 3 is 1.70 bits per heavy atom. The summed E-state index contributed by atoms with van der Waals surface area (Å²) in [5, 5.41) is 9.75. The summed E-state index contributed by atoms with van der Waals surface area (Å²) in [6.45, 7) is 2.84. The molecule has 3 nitrogen and oxygen atoms in total. The molecule has 0 radical (unpaired) electrons. The lowest BCUT2D eigenvalue weighted by molar-refractivity contribution is -0.166. The van der Waals surface area contributed by atoms with E-state index in [4.69, 9.17) is 4.74 Å². The minimum atomic E-state index is -1.51. The Kier molecular flexibility index (Phi) is 4.20. The lowest BCUT2D eigenvalue weighted by Gasteiger charge is -2.23. The van der Waals surface area contributed by atoms with E-state index in [0.29, 0.717) is 0 Å². The summed E-state index contributed by atoms with van der Waals surface area (Å²) in [5.74, 6) is -0.643. The quantitative estimate of drug-likeness (QED) is 0.868. The third kappa shape index (κ3) is 3.45. The van der Waals surface area contributed by atoms with Crippen LogP contribution in [0.5, 0.6) is 0 Å². The van der Waals surface area contributed by atoms with E-state index in [-0.39, 0.29) is 0 Å². The normalized spacial score (nSPS) is 11.4. The van der Waals surface area contributed by atoms with Gasteiger partial charge in [-0.05, 0) is 25.0 Å². The molecule has 0 unspecified atom stereocenters. The topological polar surface area (TPSA) is 46.5 Å². The van der Waals surface area contributed by atoms with Gasteiger partial charge in [0.1, 0.15) is 0 Å². The fourth-order valence-electron chi connectivity index (χ4n) is 1.84. The van der Waals surface area contributed by atoms with Crippen LogP contribution < -0.4 is 0 Å². The van der Waals surface area contributed by atoms with Gasteiger partial charge in [-0.2, -0.15) is 0 Å². The molecule has 0 spiro atoms. The molecule has 0 fully saturated rings. The van der Waals surface area contributed by atoms with Crippen molar-refractivity contribution in [1.29, 1.82) is 0 Å². The van der Waals surface area contributed by atoms with Crippen LogP contribution >= 0.6 is 0 Å². The van der Waals surface area contributed by atoms with E-state index in [9.17, 15) is 9.90 Å². The molecule has 0 aliphatic heterocycles. The number of hydrogen-bond acceptors (Lipinski definition) is 3. The molecule has 0 saturated carbocycles. The van der Waals surface area contributed by atoms with Crippen LogP contribution in [0.4, 0.5) is 0 Å². The maximum atomic E-state index is 11.9. The smallest absolute Gasteiger partial charge is 0.338 e. The molecular weight excluding hydrogens is 252 g/mol. The second-order valence-corrected chi connectivity index (χ2v) is 5.17. The van der Waals surface area contributed by atoms with Crippen LogP contribution in [0.25, 0.3) is 0 Å². The first-order valence-corrected chi connectivity index (χ1v) is 6.52. The van der Waals surface area contributed by atoms with E-state index in [1.807, 2.05) is 60.7 Å². The maximum Gasteiger partial charge on any atom is 0.338 e. The number of benzene rings is 2. The van der Waals surface area contributed by atoms with Gasteiger partial charge in [-0.15, -0.1) is 0 Å². The molecule has 0 aromatic heterocycles. The molecule has 0 aliphatic carbocycles. The molecule has 20 heavy (non-hydrogen) atoms. The van der Waals surface area contributed by atoms with E-state index in [1.165, 1.54) is 13.8 Å². The SMILES string of the molecule is CC(C)(O)C(=O)OC(c1ccccc1)c1ccccc1. The fourth-order valence-corrected chi connectivity index (χ4v) is 1.84. The number of rotatable bonds is 4. The van der Waals surface area contributed by atoms with Crippen LogP contribution in [0.1, 0.15) is 31.1 Å². The van der Waals surface area contributed by atoms with E-state index < -0.39 is 17.7 Å². The number of carbonyl (C=O) groups is 1. The van der Waals surface area contributed by atoms with Crippen LogP contribution in [-0.4, -0.2) is 16.7 Å². The van der Waals surface area contributed by atoms with E-state index in [1.54, 1.807) is 0 Å². The van der Waals surface area contributed by atoms with Crippen molar-refractivity contribution in [3.63, 3.8) is 0 Å². The minimum absolute atomic E-state index is 0.517. The van der Waals surface area contributed by atoms with Gasteiger partial charge in [0.25, 0.3) is 0 Å². The molecule has 0 atom stereocenters. The van der Waals surface area contributed by atoms with Gasteiger partial charge in [-0.1, -0.05) is 60.7 Å². The number of aliphatic hydroxyl groups is 1. The molecular formula is C17H18O3. The number of carbonyl (C=O) groups excluding carboxylic acids is 1. The molecule has 0 bridgehead atoms. The Morgan fingerprint density at radius 1 is 0.950 bits per heavy atom. The Labute approximate surface area is 118 Å². The average molecular weight is 270 g/mol. The van der Waals surface area contributed by atoms with Gasteiger partial charge >= 0.3 is 5.97 Å². The first-order valence-electron chi connectivity index (χ1n) is 6.52. The lowest BCUT2D eigenvalue weighted by atomic mass is 10.0. The van der Waals surface area contributed by atoms with Crippen molar-refractivity contribution in [3.8, 4) is 0 Å². The number of hydrogen-bond donors (Lipinski definition) is 1. The standard InChI is InChI=1S/C17H18O3/c1-17(2,19)16(18)20-15(13-9-5-3-6-10-13)14-11-7-4-8-12-14/h3-12,15,19H,1-2H3. The molecule has 0 saturated heterocycles.